The van der Waals surface area contributed by atoms with Crippen LogP contribution in [0.5, 0.6) is 0 Å². The van der Waals surface area contributed by atoms with Crippen LogP contribution in [-0.4, -0.2) is 4.68 Å². The van der Waals surface area contributed by atoms with Crippen LogP contribution < -0.4 is 17.0 Å². The number of hydrogen-bond acceptors (Lipinski definition) is 3. The Hall–Kier alpha value is -1.59. The van der Waals surface area contributed by atoms with Gasteiger partial charge in [-0.1, -0.05) is 0 Å². The summed E-state index contributed by atoms with van der Waals surface area (Å²) in [5, 5.41) is 9.33. The van der Waals surface area contributed by atoms with Gasteiger partial charge in [-0.25, -0.2) is 4.68 Å². The van der Waals surface area contributed by atoms with Crippen molar-refractivity contribution in [2.45, 2.75) is 0 Å². The highest BCUT2D eigenvalue weighted by Crippen LogP contribution is 2.16. The Morgan fingerprint density at radius 2 is 2.19 bits per heavy atom. The maximum atomic E-state index is 12.0. The Morgan fingerprint density at radius 1 is 1.50 bits per heavy atom. The number of fused-ring (bicyclic) bond motifs is 1. The lowest BCUT2D eigenvalue weighted by atomic mass is 10.1. The molecule has 1 aromatic heterocycles. The summed E-state index contributed by atoms with van der Waals surface area (Å²) >= 11 is 2.10. The van der Waals surface area contributed by atoms with E-state index in [9.17, 15) is 4.79 Å². The van der Waals surface area contributed by atoms with E-state index in [-0.39, 0.29) is 16.8 Å². The van der Waals surface area contributed by atoms with Gasteiger partial charge < -0.3 is 11.6 Å². The Balaban J connectivity index is 3.10. The summed E-state index contributed by atoms with van der Waals surface area (Å²) in [6.45, 7) is 0. The summed E-state index contributed by atoms with van der Waals surface area (Å²) in [6.07, 6.45) is 0. The number of nitrogen functional groups attached to an aromatic ring is 1. The average molecular weight is 327 g/mol. The van der Waals surface area contributed by atoms with E-state index in [4.69, 9.17) is 11.1 Å². The molecule has 0 aliphatic heterocycles. The normalized spacial score (nSPS) is 10.3. The Kier molecular flexibility index (Phi) is 2.57. The van der Waals surface area contributed by atoms with Crippen LogP contribution in [0.2, 0.25) is 0 Å². The van der Waals surface area contributed by atoms with Crippen molar-refractivity contribution in [2.75, 3.05) is 5.84 Å². The van der Waals surface area contributed by atoms with Crippen LogP contribution in [0.3, 0.4) is 0 Å². The molecule has 16 heavy (non-hydrogen) atoms. The fourth-order valence-corrected chi connectivity index (χ4v) is 2.04. The predicted octanol–water partition coefficient (Wildman–Crippen LogP) is 0.0650. The highest BCUT2D eigenvalue weighted by molar-refractivity contribution is 14.1. The lowest BCUT2D eigenvalue weighted by molar-refractivity contribution is -0.264. The van der Waals surface area contributed by atoms with E-state index in [1.807, 2.05) is 12.1 Å². The monoisotopic (exact) mass is 327 g/mol. The first-order valence-corrected chi connectivity index (χ1v) is 5.49. The van der Waals surface area contributed by atoms with E-state index in [1.165, 1.54) is 4.68 Å². The van der Waals surface area contributed by atoms with Gasteiger partial charge in [0.05, 0.1) is 10.9 Å². The second-order valence-electron chi connectivity index (χ2n) is 3.29. The number of nitrogens with zero attached hydrogens (tertiary/aromatic N) is 2. The van der Waals surface area contributed by atoms with Crippen LogP contribution in [0.4, 0.5) is 5.82 Å². The minimum atomic E-state index is -0.317. The Bertz CT molecular complexity index is 684. The molecule has 0 fully saturated rings. The van der Waals surface area contributed by atoms with Crippen molar-refractivity contribution in [1.29, 1.82) is 5.26 Å². The summed E-state index contributed by atoms with van der Waals surface area (Å²) in [5.41, 5.74) is 3.90. The van der Waals surface area contributed by atoms with Crippen LogP contribution in [0.15, 0.2) is 23.0 Å². The second-order valence-corrected chi connectivity index (χ2v) is 4.54. The summed E-state index contributed by atoms with van der Waals surface area (Å²) < 4.78 is 2.19. The Morgan fingerprint density at radius 3 is 2.81 bits per heavy atom. The fraction of sp³-hybridized carbons (Fsp3) is 0. The highest BCUT2D eigenvalue weighted by atomic mass is 127. The van der Waals surface area contributed by atoms with Crippen LogP contribution in [0.1, 0.15) is 5.56 Å². The number of rotatable bonds is 0. The minimum Gasteiger partial charge on any atom is -0.334 e. The molecule has 0 saturated heterocycles. The molecule has 1 heterocycles. The molecule has 5 N–H and O–H groups in total. The van der Waals surface area contributed by atoms with Crippen molar-refractivity contribution >= 4 is 39.3 Å². The fourth-order valence-electron chi connectivity index (χ4n) is 1.55. The van der Waals surface area contributed by atoms with Crippen molar-refractivity contribution in [3.8, 4) is 6.07 Å². The number of nitriles is 1. The maximum absolute atomic E-state index is 12.0. The number of pyridine rings is 1. The van der Waals surface area contributed by atoms with Crippen molar-refractivity contribution in [1.82, 2.24) is 4.68 Å². The first kappa shape index (κ1) is 10.9. The van der Waals surface area contributed by atoms with Gasteiger partial charge >= 0.3 is 0 Å². The van der Waals surface area contributed by atoms with E-state index < -0.39 is 0 Å². The number of aromatic nitrogens is 1. The van der Waals surface area contributed by atoms with Gasteiger partial charge in [-0.15, -0.1) is 0 Å². The van der Waals surface area contributed by atoms with E-state index >= 15 is 0 Å². The van der Waals surface area contributed by atoms with Crippen LogP contribution >= 0.6 is 22.6 Å². The van der Waals surface area contributed by atoms with Gasteiger partial charge in [0.1, 0.15) is 6.07 Å². The van der Waals surface area contributed by atoms with Crippen LogP contribution in [0.25, 0.3) is 10.9 Å². The van der Waals surface area contributed by atoms with Crippen molar-refractivity contribution in [2.24, 2.45) is 0 Å². The quantitative estimate of drug-likeness (QED) is 0.529. The van der Waals surface area contributed by atoms with Gasteiger partial charge in [0.15, 0.2) is 5.56 Å². The lowest BCUT2D eigenvalue weighted by Crippen LogP contribution is -2.48. The van der Waals surface area contributed by atoms with Gasteiger partial charge in [-0.05, 0) is 40.8 Å². The van der Waals surface area contributed by atoms with Crippen LogP contribution in [-0.2, 0) is 0 Å². The SMILES string of the molecule is N#Cc1c([NH3+])n(N)c2ccc(I)cc2c1=O. The summed E-state index contributed by atoms with van der Waals surface area (Å²) in [4.78, 5) is 12.0. The second kappa shape index (κ2) is 3.77. The third-order valence-corrected chi connectivity index (χ3v) is 3.05. The number of nitrogens with two attached hydrogens (primary N) is 1. The standard InChI is InChI=1S/C10H7IN4O/c11-5-1-2-8-6(3-5)9(16)7(4-12)10(13)15(8)14/h1-3H,13-14H2/p+1. The first-order chi connectivity index (χ1) is 7.56. The zero-order valence-electron chi connectivity index (χ0n) is 8.20. The van der Waals surface area contributed by atoms with Crippen molar-refractivity contribution < 1.29 is 5.73 Å². The number of benzene rings is 1. The third-order valence-electron chi connectivity index (χ3n) is 2.38. The average Bonchev–Trinajstić information content (AvgIpc) is 2.27. The maximum Gasteiger partial charge on any atom is 0.244 e. The van der Waals surface area contributed by atoms with Gasteiger partial charge in [0.25, 0.3) is 0 Å². The number of quaternary nitrogens is 1. The molecule has 0 aliphatic carbocycles. The molecular weight excluding hydrogens is 319 g/mol. The topological polar surface area (TPSA) is 99.4 Å². The largest absolute Gasteiger partial charge is 0.334 e. The molecule has 0 atom stereocenters. The van der Waals surface area contributed by atoms with E-state index in [0.717, 1.165) is 3.57 Å². The molecule has 0 aliphatic rings. The molecule has 0 amide bonds. The van der Waals surface area contributed by atoms with Gasteiger partial charge in [-0.3, -0.25) is 4.79 Å². The van der Waals surface area contributed by atoms with Gasteiger partial charge in [-0.2, -0.15) is 5.26 Å². The van der Waals surface area contributed by atoms with Gasteiger partial charge in [0, 0.05) is 3.57 Å². The summed E-state index contributed by atoms with van der Waals surface area (Å²) in [5.74, 6) is 6.01. The lowest BCUT2D eigenvalue weighted by Gasteiger charge is -2.07. The molecule has 0 saturated carbocycles. The van der Waals surface area contributed by atoms with Crippen molar-refractivity contribution in [3.63, 3.8) is 0 Å². The molecule has 2 rings (SSSR count). The molecule has 5 nitrogen and oxygen atoms in total. The zero-order chi connectivity index (χ0) is 11.9. The minimum absolute atomic E-state index is 0.00278. The molecule has 80 valence electrons. The van der Waals surface area contributed by atoms with Crippen LogP contribution in [0, 0.1) is 14.9 Å². The number of halogens is 1. The van der Waals surface area contributed by atoms with E-state index in [1.54, 1.807) is 12.1 Å². The zero-order valence-corrected chi connectivity index (χ0v) is 10.4. The molecule has 1 aromatic carbocycles. The molecule has 0 unspecified atom stereocenters. The predicted molar refractivity (Wildman–Crippen MR) is 68.3 cm³/mol. The summed E-state index contributed by atoms with van der Waals surface area (Å²) in [7, 11) is 0. The van der Waals surface area contributed by atoms with E-state index in [2.05, 4.69) is 28.3 Å². The third kappa shape index (κ3) is 1.45. The van der Waals surface area contributed by atoms with Crippen molar-refractivity contribution in [3.05, 3.63) is 37.6 Å². The molecule has 0 radical (unpaired) electrons. The molecule has 0 spiro atoms. The first-order valence-electron chi connectivity index (χ1n) is 4.41. The number of hydrogen-bond donors (Lipinski definition) is 2. The summed E-state index contributed by atoms with van der Waals surface area (Å²) in [6, 6.07) is 7.14. The molecular formula is C10H8IN4O+. The van der Waals surface area contributed by atoms with Gasteiger partial charge in [0.2, 0.25) is 11.2 Å². The molecule has 2 aromatic rings. The Labute approximate surface area is 104 Å². The highest BCUT2D eigenvalue weighted by Gasteiger charge is 2.15. The smallest absolute Gasteiger partial charge is 0.244 e. The molecule has 6 heteroatoms. The van der Waals surface area contributed by atoms with E-state index in [0.29, 0.717) is 10.9 Å². The molecule has 0 bridgehead atoms.